The van der Waals surface area contributed by atoms with E-state index in [-0.39, 0.29) is 22.0 Å². The zero-order chi connectivity index (χ0) is 24.5. The Kier molecular flexibility index (Phi) is 6.20. The van der Waals surface area contributed by atoms with Crippen LogP contribution >= 0.6 is 0 Å². The normalized spacial score (nSPS) is 11.3. The number of benzene rings is 1. The van der Waals surface area contributed by atoms with Gasteiger partial charge in [0.1, 0.15) is 5.82 Å². The van der Waals surface area contributed by atoms with Crippen molar-refractivity contribution < 1.29 is 17.5 Å². The van der Waals surface area contributed by atoms with Crippen molar-refractivity contribution in [1.29, 1.82) is 0 Å². The van der Waals surface area contributed by atoms with Gasteiger partial charge in [-0.25, -0.2) is 22.8 Å². The molecule has 9 nitrogen and oxygen atoms in total. The molecule has 0 unspecified atom stereocenters. The number of sulfonamides is 1. The number of anilines is 3. The van der Waals surface area contributed by atoms with Crippen molar-refractivity contribution in [3.63, 3.8) is 0 Å². The summed E-state index contributed by atoms with van der Waals surface area (Å²) in [6.45, 7) is 1.77. The van der Waals surface area contributed by atoms with Gasteiger partial charge in [-0.15, -0.1) is 0 Å². The van der Waals surface area contributed by atoms with Crippen molar-refractivity contribution in [1.82, 2.24) is 15.0 Å². The maximum Gasteiger partial charge on any atom is 0.267 e. The maximum absolute atomic E-state index is 15.6. The molecule has 0 aliphatic carbocycles. The average molecular weight is 483 g/mol. The molecule has 0 amide bonds. The minimum atomic E-state index is -4.21. The summed E-state index contributed by atoms with van der Waals surface area (Å²) in [6, 6.07) is 9.43. The van der Waals surface area contributed by atoms with E-state index in [2.05, 4.69) is 30.3 Å². The van der Waals surface area contributed by atoms with E-state index in [0.29, 0.717) is 28.3 Å². The van der Waals surface area contributed by atoms with Crippen LogP contribution in [0.5, 0.6) is 5.88 Å². The molecule has 0 bridgehead atoms. The molecule has 4 rings (SSSR count). The Morgan fingerprint density at radius 1 is 1.00 bits per heavy atom. The molecule has 0 aliphatic rings. The largest absolute Gasteiger partial charge is 0.480 e. The number of nitrogens with zero attached hydrogens (tertiary/aromatic N) is 3. The Morgan fingerprint density at radius 2 is 1.79 bits per heavy atom. The number of rotatable bonds is 7. The number of pyridine rings is 3. The molecule has 4 aromatic rings. The van der Waals surface area contributed by atoms with Crippen molar-refractivity contribution in [2.24, 2.45) is 0 Å². The second-order valence-electron chi connectivity index (χ2n) is 7.39. The highest BCUT2D eigenvalue weighted by Gasteiger charge is 2.24. The number of hydrogen-bond donors (Lipinski definition) is 3. The van der Waals surface area contributed by atoms with Gasteiger partial charge in [-0.05, 0) is 25.1 Å². The first-order valence-electron chi connectivity index (χ1n) is 10.3. The van der Waals surface area contributed by atoms with Crippen LogP contribution < -0.4 is 20.1 Å². The lowest BCUT2D eigenvalue weighted by Gasteiger charge is -2.15. The van der Waals surface area contributed by atoms with Crippen molar-refractivity contribution in [3.05, 3.63) is 60.3 Å². The molecule has 0 fully saturated rings. The molecule has 176 valence electrons. The predicted molar refractivity (Wildman–Crippen MR) is 130 cm³/mol. The zero-order valence-corrected chi connectivity index (χ0v) is 19.8. The third-order valence-electron chi connectivity index (χ3n) is 5.27. The first kappa shape index (κ1) is 23.2. The first-order valence-corrected chi connectivity index (χ1v) is 11.7. The van der Waals surface area contributed by atoms with Crippen molar-refractivity contribution in [3.8, 4) is 17.0 Å². The maximum atomic E-state index is 15.6. The zero-order valence-electron chi connectivity index (χ0n) is 19.0. The topological polar surface area (TPSA) is 118 Å². The van der Waals surface area contributed by atoms with Gasteiger partial charge >= 0.3 is 0 Å². The lowest BCUT2D eigenvalue weighted by Crippen LogP contribution is -2.16. The molecule has 0 saturated heterocycles. The lowest BCUT2D eigenvalue weighted by atomic mass is 10.0. The van der Waals surface area contributed by atoms with E-state index in [4.69, 9.17) is 4.74 Å². The molecule has 11 heteroatoms. The summed E-state index contributed by atoms with van der Waals surface area (Å²) in [5.41, 5.74) is 2.29. The molecule has 34 heavy (non-hydrogen) atoms. The van der Waals surface area contributed by atoms with E-state index in [1.165, 1.54) is 25.4 Å². The standard InChI is InChI=1S/C23H23FN6O3S/c1-13-17(8-14-11-27-21(26-3)10-19(14)29-13)16-6-5-7-18(22(16)24)30-34(31,32)20-9-15(25-2)12-28-23(20)33-4/h5-12,25,30H,1-4H3,(H,26,27). The number of methoxy groups -OCH3 is 1. The van der Waals surface area contributed by atoms with Crippen LogP contribution in [0, 0.1) is 12.7 Å². The van der Waals surface area contributed by atoms with Gasteiger partial charge in [-0.3, -0.25) is 9.71 Å². The highest BCUT2D eigenvalue weighted by Crippen LogP contribution is 2.33. The van der Waals surface area contributed by atoms with E-state index < -0.39 is 15.8 Å². The van der Waals surface area contributed by atoms with Crippen LogP contribution in [-0.4, -0.2) is 44.6 Å². The SMILES string of the molecule is CNc1cnc(OC)c(S(=O)(=O)Nc2cccc(-c3cc4cnc(NC)cc4nc3C)c2F)c1. The first-order chi connectivity index (χ1) is 16.3. The fourth-order valence-corrected chi connectivity index (χ4v) is 4.71. The van der Waals surface area contributed by atoms with Gasteiger partial charge in [-0.1, -0.05) is 12.1 Å². The van der Waals surface area contributed by atoms with Crippen LogP contribution in [0.4, 0.5) is 21.6 Å². The number of aryl methyl sites for hydroxylation is 1. The second kappa shape index (κ2) is 9.10. The summed E-state index contributed by atoms with van der Waals surface area (Å²) in [6.07, 6.45) is 3.08. The number of fused-ring (bicyclic) bond motifs is 1. The monoisotopic (exact) mass is 482 g/mol. The van der Waals surface area contributed by atoms with Gasteiger partial charge in [0, 0.05) is 48.6 Å². The highest BCUT2D eigenvalue weighted by atomic mass is 32.2. The third kappa shape index (κ3) is 4.29. The smallest absolute Gasteiger partial charge is 0.267 e. The molecule has 0 atom stereocenters. The molecular weight excluding hydrogens is 459 g/mol. The summed E-state index contributed by atoms with van der Waals surface area (Å²) in [5.74, 6) is -0.167. The Balaban J connectivity index is 1.77. The summed E-state index contributed by atoms with van der Waals surface area (Å²) < 4.78 is 49.2. The van der Waals surface area contributed by atoms with Crippen molar-refractivity contribution in [2.45, 2.75) is 11.8 Å². The molecule has 0 saturated carbocycles. The van der Waals surface area contributed by atoms with Gasteiger partial charge < -0.3 is 15.4 Å². The molecule has 0 spiro atoms. The van der Waals surface area contributed by atoms with Crippen LogP contribution in [-0.2, 0) is 10.0 Å². The van der Waals surface area contributed by atoms with E-state index in [1.54, 1.807) is 51.5 Å². The fraction of sp³-hybridized carbons (Fsp3) is 0.174. The van der Waals surface area contributed by atoms with Crippen molar-refractivity contribution in [2.75, 3.05) is 36.6 Å². The van der Waals surface area contributed by atoms with E-state index >= 15 is 4.39 Å². The number of nitrogens with one attached hydrogen (secondary N) is 3. The summed E-state index contributed by atoms with van der Waals surface area (Å²) >= 11 is 0. The Labute approximate surface area is 196 Å². The third-order valence-corrected chi connectivity index (χ3v) is 6.63. The number of ether oxygens (including phenoxy) is 1. The molecule has 0 radical (unpaired) electrons. The summed E-state index contributed by atoms with van der Waals surface area (Å²) in [5, 5.41) is 6.51. The van der Waals surface area contributed by atoms with Crippen LogP contribution in [0.2, 0.25) is 0 Å². The van der Waals surface area contributed by atoms with E-state index in [1.807, 2.05) is 0 Å². The highest BCUT2D eigenvalue weighted by molar-refractivity contribution is 7.92. The molecule has 3 heterocycles. The summed E-state index contributed by atoms with van der Waals surface area (Å²) in [4.78, 5) is 12.6. The van der Waals surface area contributed by atoms with Crippen LogP contribution in [0.3, 0.4) is 0 Å². The van der Waals surface area contributed by atoms with E-state index in [0.717, 1.165) is 5.39 Å². The molecule has 0 aliphatic heterocycles. The molecule has 1 aromatic carbocycles. The molecular formula is C23H23FN6O3S. The van der Waals surface area contributed by atoms with E-state index in [9.17, 15) is 8.42 Å². The van der Waals surface area contributed by atoms with Crippen LogP contribution in [0.25, 0.3) is 22.0 Å². The molecule has 3 N–H and O–H groups in total. The quantitative estimate of drug-likeness (QED) is 0.361. The van der Waals surface area contributed by atoms with Crippen molar-refractivity contribution >= 4 is 38.1 Å². The van der Waals surface area contributed by atoms with Crippen LogP contribution in [0.1, 0.15) is 5.69 Å². The lowest BCUT2D eigenvalue weighted by molar-refractivity contribution is 0.385. The Morgan fingerprint density at radius 3 is 2.50 bits per heavy atom. The van der Waals surface area contributed by atoms with Gasteiger partial charge in [0.2, 0.25) is 5.88 Å². The van der Waals surface area contributed by atoms with Gasteiger partial charge in [0.15, 0.2) is 10.7 Å². The Hall–Kier alpha value is -3.99. The minimum Gasteiger partial charge on any atom is -0.480 e. The fourth-order valence-electron chi connectivity index (χ4n) is 3.51. The average Bonchev–Trinajstić information content (AvgIpc) is 2.84. The van der Waals surface area contributed by atoms with Crippen LogP contribution in [0.15, 0.2) is 53.7 Å². The predicted octanol–water partition coefficient (Wildman–Crippen LogP) is 4.03. The van der Waals surface area contributed by atoms with Gasteiger partial charge in [-0.2, -0.15) is 0 Å². The Bertz CT molecular complexity index is 1490. The molecule has 3 aromatic heterocycles. The minimum absolute atomic E-state index is 0.105. The number of hydrogen-bond acceptors (Lipinski definition) is 8. The second-order valence-corrected chi connectivity index (χ2v) is 9.04. The number of halogens is 1. The van der Waals surface area contributed by atoms with Gasteiger partial charge in [0.25, 0.3) is 10.0 Å². The number of aromatic nitrogens is 3. The van der Waals surface area contributed by atoms with Gasteiger partial charge in [0.05, 0.1) is 30.2 Å². The summed E-state index contributed by atoms with van der Waals surface area (Å²) in [7, 11) is 0.491.